The number of nitrogens with one attached hydrogen (secondary N) is 3. The predicted octanol–water partition coefficient (Wildman–Crippen LogP) is -1.41. The fraction of sp³-hybridized carbons (Fsp3) is 0.348. The summed E-state index contributed by atoms with van der Waals surface area (Å²) in [4.78, 5) is 65.7. The van der Waals surface area contributed by atoms with Gasteiger partial charge in [0.25, 0.3) is 5.91 Å². The van der Waals surface area contributed by atoms with Crippen molar-refractivity contribution in [1.82, 2.24) is 25.4 Å². The number of hydrogen-bond acceptors (Lipinski definition) is 8. The summed E-state index contributed by atoms with van der Waals surface area (Å²) >= 11 is 0. The zero-order chi connectivity index (χ0) is 28.4. The molecule has 0 radical (unpaired) electrons. The second-order valence-electron chi connectivity index (χ2n) is 8.89. The number of aromatic carboxylic acids is 1. The first-order chi connectivity index (χ1) is 18.5. The number of pyridine rings is 1. The van der Waals surface area contributed by atoms with Crippen molar-refractivity contribution in [1.29, 1.82) is 0 Å². The molecule has 0 saturated carbocycles. The Hall–Kier alpha value is -4.44. The van der Waals surface area contributed by atoms with Crippen molar-refractivity contribution >= 4 is 30.9 Å². The second kappa shape index (κ2) is 11.1. The van der Waals surface area contributed by atoms with Gasteiger partial charge in [0, 0.05) is 31.3 Å². The van der Waals surface area contributed by atoms with Gasteiger partial charge in [-0.15, -0.1) is 0 Å². The van der Waals surface area contributed by atoms with Crippen LogP contribution in [0.3, 0.4) is 0 Å². The Labute approximate surface area is 220 Å². The highest BCUT2D eigenvalue weighted by atomic mass is 19.1. The molecule has 2 aliphatic heterocycles. The normalized spacial score (nSPS) is 19.6. The van der Waals surface area contributed by atoms with Crippen LogP contribution in [-0.2, 0) is 16.0 Å². The number of aliphatic hydroxyl groups is 1. The van der Waals surface area contributed by atoms with Crippen LogP contribution in [0, 0.1) is 5.95 Å². The van der Waals surface area contributed by atoms with Gasteiger partial charge in [0.1, 0.15) is 11.8 Å². The molecule has 0 bridgehead atoms. The third-order valence-corrected chi connectivity index (χ3v) is 6.50. The summed E-state index contributed by atoms with van der Waals surface area (Å²) in [6, 6.07) is 3.38. The van der Waals surface area contributed by atoms with Crippen molar-refractivity contribution in [2.24, 2.45) is 0 Å². The number of carboxylic acid groups (broad SMARTS) is 1. The fourth-order valence-corrected chi connectivity index (χ4v) is 4.44. The van der Waals surface area contributed by atoms with E-state index < -0.39 is 66.2 Å². The summed E-state index contributed by atoms with van der Waals surface area (Å²) in [6.07, 6.45) is -1.90. The molecule has 1 fully saturated rings. The minimum atomic E-state index is -1.84. The van der Waals surface area contributed by atoms with Gasteiger partial charge in [0.05, 0.1) is 11.5 Å². The number of piperazine rings is 1. The Balaban J connectivity index is 1.58. The molecule has 0 aliphatic carbocycles. The van der Waals surface area contributed by atoms with Gasteiger partial charge in [-0.25, -0.2) is 9.59 Å². The number of carbonyl (C=O) groups excluding carboxylic acids is 3. The molecule has 3 atom stereocenters. The third kappa shape index (κ3) is 5.56. The lowest BCUT2D eigenvalue weighted by molar-refractivity contribution is -0.153. The lowest BCUT2D eigenvalue weighted by Crippen LogP contribution is -2.62. The molecule has 14 nitrogen and oxygen atoms in total. The van der Waals surface area contributed by atoms with Gasteiger partial charge >= 0.3 is 19.1 Å². The zero-order valence-corrected chi connectivity index (χ0v) is 20.6. The van der Waals surface area contributed by atoms with Crippen LogP contribution in [-0.4, -0.2) is 92.8 Å². The van der Waals surface area contributed by atoms with E-state index in [0.717, 1.165) is 17.0 Å². The van der Waals surface area contributed by atoms with Crippen molar-refractivity contribution in [3.8, 4) is 5.75 Å². The van der Waals surface area contributed by atoms with Crippen LogP contribution < -0.4 is 20.8 Å². The first-order valence-electron chi connectivity index (χ1n) is 11.9. The number of hydrogen-bond donors (Lipinski definition) is 6. The van der Waals surface area contributed by atoms with E-state index in [1.807, 2.05) is 4.98 Å². The van der Waals surface area contributed by atoms with Gasteiger partial charge < -0.3 is 35.4 Å². The number of carbonyl (C=O) groups is 4. The van der Waals surface area contributed by atoms with Gasteiger partial charge in [-0.05, 0) is 31.0 Å². The van der Waals surface area contributed by atoms with E-state index >= 15 is 0 Å². The average Bonchev–Trinajstić information content (AvgIpc) is 2.89. The largest absolute Gasteiger partial charge is 0.547 e. The first kappa shape index (κ1) is 27.6. The van der Waals surface area contributed by atoms with Crippen molar-refractivity contribution in [2.75, 3.05) is 19.6 Å². The van der Waals surface area contributed by atoms with Crippen molar-refractivity contribution in [2.45, 2.75) is 31.6 Å². The Kier molecular flexibility index (Phi) is 7.87. The number of para-hydroxylation sites is 1. The molecular weight excluding hydrogens is 520 g/mol. The van der Waals surface area contributed by atoms with Crippen LogP contribution >= 0.6 is 0 Å². The molecule has 1 saturated heterocycles. The van der Waals surface area contributed by atoms with Gasteiger partial charge in [0.15, 0.2) is 5.95 Å². The van der Waals surface area contributed by atoms with E-state index in [1.54, 1.807) is 13.0 Å². The number of aliphatic hydroxyl groups excluding tert-OH is 1. The Morgan fingerprint density at radius 2 is 1.97 bits per heavy atom. The lowest BCUT2D eigenvalue weighted by Gasteiger charge is -2.38. The van der Waals surface area contributed by atoms with Gasteiger partial charge in [-0.2, -0.15) is 4.39 Å². The lowest BCUT2D eigenvalue weighted by atomic mass is 9.72. The number of urea groups is 1. The van der Waals surface area contributed by atoms with Gasteiger partial charge in [-0.1, -0.05) is 12.1 Å². The van der Waals surface area contributed by atoms with Crippen molar-refractivity contribution < 1.29 is 43.5 Å². The first-order valence-corrected chi connectivity index (χ1v) is 11.9. The van der Waals surface area contributed by atoms with E-state index in [1.165, 1.54) is 17.0 Å². The highest BCUT2D eigenvalue weighted by Crippen LogP contribution is 2.30. The monoisotopic (exact) mass is 545 g/mol. The van der Waals surface area contributed by atoms with Crippen LogP contribution in [0.15, 0.2) is 35.1 Å². The molecule has 39 heavy (non-hydrogen) atoms. The molecule has 4 amide bonds. The number of aromatic nitrogens is 1. The van der Waals surface area contributed by atoms with E-state index in [-0.39, 0.29) is 30.8 Å². The molecule has 3 heterocycles. The maximum atomic E-state index is 14.7. The fourth-order valence-electron chi connectivity index (χ4n) is 4.44. The topological polar surface area (TPSA) is 202 Å². The molecule has 2 unspecified atom stereocenters. The number of nitrogens with zero attached hydrogens (tertiary/aromatic N) is 2. The molecule has 2 aromatic rings. The predicted molar refractivity (Wildman–Crippen MR) is 131 cm³/mol. The number of H-pyrrole nitrogens is 1. The van der Waals surface area contributed by atoms with E-state index in [0.29, 0.717) is 12.1 Å². The summed E-state index contributed by atoms with van der Waals surface area (Å²) in [5.74, 6) is -5.45. The number of aromatic amines is 1. The molecule has 6 N–H and O–H groups in total. The molecule has 206 valence electrons. The van der Waals surface area contributed by atoms with Gasteiger partial charge in [0.2, 0.25) is 17.7 Å². The average molecular weight is 545 g/mol. The minimum absolute atomic E-state index is 0.0652. The van der Waals surface area contributed by atoms with Gasteiger partial charge in [-0.3, -0.25) is 24.3 Å². The Morgan fingerprint density at radius 1 is 1.23 bits per heavy atom. The Bertz CT molecular complexity index is 1370. The number of likely N-dealkylation sites (N-methyl/N-ethyl adjacent to an activating group) is 1. The maximum absolute atomic E-state index is 14.7. The van der Waals surface area contributed by atoms with Crippen molar-refractivity contribution in [3.63, 3.8) is 0 Å². The molecule has 16 heteroatoms. The number of fused-ring (bicyclic) bond motifs is 1. The molecule has 1 aromatic heterocycles. The summed E-state index contributed by atoms with van der Waals surface area (Å²) < 4.78 is 20.1. The Morgan fingerprint density at radius 3 is 2.64 bits per heavy atom. The number of amides is 4. The van der Waals surface area contributed by atoms with E-state index in [9.17, 15) is 43.6 Å². The second-order valence-corrected chi connectivity index (χ2v) is 8.89. The number of carboxylic acids is 1. The van der Waals surface area contributed by atoms with Crippen LogP contribution in [0.1, 0.15) is 34.5 Å². The molecular formula is C23H25BFN5O9. The number of rotatable bonds is 6. The van der Waals surface area contributed by atoms with Crippen LogP contribution in [0.2, 0.25) is 0 Å². The SMILES string of the molecule is CCN1CCN(C(=O)NC(C(=O)N[C@H]2Cc3cccc(C(=O)O)c3OB2O)c2ccc(=O)[nH]c2F)C(O)C1=O. The van der Waals surface area contributed by atoms with Crippen LogP contribution in [0.25, 0.3) is 0 Å². The molecule has 1 aromatic carbocycles. The maximum Gasteiger partial charge on any atom is 0.547 e. The number of halogens is 1. The summed E-state index contributed by atoms with van der Waals surface area (Å²) in [6.45, 7) is 2.05. The molecule has 2 aliphatic rings. The zero-order valence-electron chi connectivity index (χ0n) is 20.6. The minimum Gasteiger partial charge on any atom is -0.534 e. The molecule has 0 spiro atoms. The number of benzene rings is 1. The quantitative estimate of drug-likeness (QED) is 0.186. The van der Waals surface area contributed by atoms with Crippen LogP contribution in [0.4, 0.5) is 9.18 Å². The van der Waals surface area contributed by atoms with Crippen molar-refractivity contribution in [3.05, 3.63) is 63.3 Å². The highest BCUT2D eigenvalue weighted by Gasteiger charge is 2.41. The van der Waals surface area contributed by atoms with E-state index in [4.69, 9.17) is 4.65 Å². The molecule has 4 rings (SSSR count). The summed E-state index contributed by atoms with van der Waals surface area (Å²) in [5.41, 5.74) is -1.06. The van der Waals surface area contributed by atoms with E-state index in [2.05, 4.69) is 10.6 Å². The standard InChI is InChI=1S/C23H25BFN5O9/c1-2-29-8-9-30(21(34)20(29)33)23(37)28-16(12-6-7-15(31)27-18(12)25)19(32)26-14-10-11-4-3-5-13(22(35)36)17(11)39-24(14)38/h3-7,14,16,21,34,38H,2,8-10H2,1H3,(H,26,32)(H,27,31)(H,28,37)(H,35,36)/t14-,16?,21?/m0/s1. The third-order valence-electron chi connectivity index (χ3n) is 6.50. The van der Waals surface area contributed by atoms with Crippen LogP contribution in [0.5, 0.6) is 5.75 Å². The summed E-state index contributed by atoms with van der Waals surface area (Å²) in [5, 5.41) is 34.9. The smallest absolute Gasteiger partial charge is 0.534 e. The summed E-state index contributed by atoms with van der Waals surface area (Å²) in [7, 11) is -1.69. The highest BCUT2D eigenvalue weighted by molar-refractivity contribution is 6.47.